The summed E-state index contributed by atoms with van der Waals surface area (Å²) in [5.41, 5.74) is 1.72. The van der Waals surface area contributed by atoms with Gasteiger partial charge in [-0.25, -0.2) is 9.78 Å². The molecule has 2 N–H and O–H groups in total. The van der Waals surface area contributed by atoms with Crippen molar-refractivity contribution in [3.63, 3.8) is 0 Å². The maximum atomic E-state index is 13.5. The number of nitrogens with zero attached hydrogens (tertiary/aromatic N) is 7. The SMILES string of the molecule is CC(C)Oc1cc2nn([C@H]3CC[C@H](CN(C)C4CCN(c5cccc6c5n(C)c(=O)n6C5CCC(=O)NC5=O)CC4)CC3)cc2cc1NC(=O)c1cccc(C(F)(F)F)n1. The van der Waals surface area contributed by atoms with Crippen molar-refractivity contribution >= 4 is 51.0 Å². The number of nitrogens with one attached hydrogen (secondary N) is 2. The Hall–Kier alpha value is -5.71. The molecule has 1 saturated carbocycles. The second-order valence-corrected chi connectivity index (χ2v) is 16.7. The van der Waals surface area contributed by atoms with Crippen LogP contribution in [0.2, 0.25) is 0 Å². The van der Waals surface area contributed by atoms with Crippen molar-refractivity contribution in [2.45, 2.75) is 95.6 Å². The quantitative estimate of drug-likeness (QED) is 0.152. The zero-order valence-corrected chi connectivity index (χ0v) is 34.2. The Morgan fingerprint density at radius 3 is 2.43 bits per heavy atom. The third-order valence-corrected chi connectivity index (χ3v) is 12.3. The van der Waals surface area contributed by atoms with E-state index in [2.05, 4.69) is 32.5 Å². The van der Waals surface area contributed by atoms with Crippen LogP contribution in [0.25, 0.3) is 21.9 Å². The number of halogens is 3. The fourth-order valence-electron chi connectivity index (χ4n) is 9.21. The highest BCUT2D eigenvalue weighted by Gasteiger charge is 2.35. The molecule has 5 heterocycles. The van der Waals surface area contributed by atoms with Crippen LogP contribution in [0.3, 0.4) is 0 Å². The van der Waals surface area contributed by atoms with E-state index in [0.29, 0.717) is 40.9 Å². The minimum absolute atomic E-state index is 0.197. The van der Waals surface area contributed by atoms with E-state index in [4.69, 9.17) is 9.84 Å². The second-order valence-electron chi connectivity index (χ2n) is 16.7. The number of carbonyl (C=O) groups excluding carboxylic acids is 3. The number of carbonyl (C=O) groups is 3. The molecule has 0 spiro atoms. The first-order valence-corrected chi connectivity index (χ1v) is 20.7. The summed E-state index contributed by atoms with van der Waals surface area (Å²) in [6.07, 6.45) is 3.53. The normalized spacial score (nSPS) is 20.7. The zero-order valence-electron chi connectivity index (χ0n) is 34.2. The molecular weight excluding hydrogens is 780 g/mol. The van der Waals surface area contributed by atoms with E-state index in [-0.39, 0.29) is 35.9 Å². The molecule has 3 aromatic heterocycles. The second kappa shape index (κ2) is 16.4. The minimum Gasteiger partial charge on any atom is -0.489 e. The topological polar surface area (TPSA) is 149 Å². The lowest BCUT2D eigenvalue weighted by Crippen LogP contribution is -2.45. The molecule has 3 amide bonds. The number of anilines is 2. The number of para-hydroxylation sites is 1. The number of rotatable bonds is 10. The Morgan fingerprint density at radius 2 is 1.73 bits per heavy atom. The number of imide groups is 1. The molecule has 0 bridgehead atoms. The van der Waals surface area contributed by atoms with Gasteiger partial charge in [-0.15, -0.1) is 0 Å². The van der Waals surface area contributed by atoms with Crippen molar-refractivity contribution in [3.05, 3.63) is 76.6 Å². The van der Waals surface area contributed by atoms with Gasteiger partial charge in [-0.05, 0) is 102 Å². The molecule has 0 radical (unpaired) electrons. The summed E-state index contributed by atoms with van der Waals surface area (Å²) in [4.78, 5) is 59.4. The summed E-state index contributed by atoms with van der Waals surface area (Å²) >= 11 is 0. The molecular formula is C43H50F3N9O5. The maximum Gasteiger partial charge on any atom is 0.433 e. The monoisotopic (exact) mass is 829 g/mol. The molecule has 14 nitrogen and oxygen atoms in total. The number of pyridine rings is 1. The van der Waals surface area contributed by atoms with E-state index in [1.165, 1.54) is 10.6 Å². The molecule has 1 atom stereocenters. The highest BCUT2D eigenvalue weighted by molar-refractivity contribution is 6.05. The van der Waals surface area contributed by atoms with Crippen LogP contribution >= 0.6 is 0 Å². The molecule has 3 fully saturated rings. The average molecular weight is 830 g/mol. The first-order valence-electron chi connectivity index (χ1n) is 20.7. The highest BCUT2D eigenvalue weighted by atomic mass is 19.4. The van der Waals surface area contributed by atoms with Crippen LogP contribution in [0.5, 0.6) is 5.75 Å². The Morgan fingerprint density at radius 1 is 1.00 bits per heavy atom. The van der Waals surface area contributed by atoms with Gasteiger partial charge in [-0.1, -0.05) is 12.1 Å². The van der Waals surface area contributed by atoms with Crippen LogP contribution in [-0.2, 0) is 22.8 Å². The van der Waals surface area contributed by atoms with Gasteiger partial charge < -0.3 is 19.9 Å². The van der Waals surface area contributed by atoms with Crippen molar-refractivity contribution in [2.75, 3.05) is 36.9 Å². The van der Waals surface area contributed by atoms with Crippen LogP contribution in [-0.4, -0.2) is 85.3 Å². The third kappa shape index (κ3) is 8.23. The largest absolute Gasteiger partial charge is 0.489 e. The number of benzene rings is 2. The Kier molecular flexibility index (Phi) is 11.2. The molecule has 3 aliphatic rings. The average Bonchev–Trinajstić information content (AvgIpc) is 3.74. The van der Waals surface area contributed by atoms with E-state index >= 15 is 0 Å². The van der Waals surface area contributed by atoms with Gasteiger partial charge in [0.25, 0.3) is 5.91 Å². The summed E-state index contributed by atoms with van der Waals surface area (Å²) in [5, 5.41) is 10.8. The molecule has 2 aliphatic heterocycles. The molecule has 1 aliphatic carbocycles. The van der Waals surface area contributed by atoms with Crippen LogP contribution in [0.4, 0.5) is 24.5 Å². The first kappa shape index (κ1) is 41.0. The number of ether oxygens (including phenoxy) is 1. The molecule has 1 unspecified atom stereocenters. The van der Waals surface area contributed by atoms with E-state index < -0.39 is 29.7 Å². The van der Waals surface area contributed by atoms with Crippen LogP contribution in [0.1, 0.15) is 93.5 Å². The summed E-state index contributed by atoms with van der Waals surface area (Å²) in [7, 11) is 3.96. The van der Waals surface area contributed by atoms with Gasteiger partial charge in [0.05, 0.1) is 40.1 Å². The van der Waals surface area contributed by atoms with Gasteiger partial charge in [0.1, 0.15) is 23.2 Å². The van der Waals surface area contributed by atoms with Crippen LogP contribution in [0, 0.1) is 5.92 Å². The highest BCUT2D eigenvalue weighted by Crippen LogP contribution is 2.37. The number of aryl methyl sites for hydroxylation is 1. The van der Waals surface area contributed by atoms with Crippen molar-refractivity contribution in [1.82, 2.24) is 34.1 Å². The van der Waals surface area contributed by atoms with Crippen LogP contribution < -0.4 is 26.0 Å². The van der Waals surface area contributed by atoms with E-state index in [9.17, 15) is 32.3 Å². The smallest absolute Gasteiger partial charge is 0.433 e. The van der Waals surface area contributed by atoms with Gasteiger partial charge in [-0.3, -0.25) is 33.5 Å². The van der Waals surface area contributed by atoms with Gasteiger partial charge in [-0.2, -0.15) is 18.3 Å². The Balaban J connectivity index is 0.880. The standard InChI is InChI=1S/C43H50F3N9O5/c1-25(2)60-36-22-31-27(21-32(36)48-40(57)30-7-5-10-37(47-30)43(44,45)46)24-54(50-31)29-13-11-26(12-14-29)23-51(3)28-17-19-53(20-18-28)33-8-6-9-34-39(33)52(4)42(59)55(34)35-15-16-38(56)49-41(35)58/h5-10,21-22,24-26,28-29,35H,11-20,23H2,1-4H3,(H,48,57)(H,49,56,58)/t26-,29-,35?. The van der Waals surface area contributed by atoms with E-state index in [1.807, 2.05) is 42.9 Å². The number of imidazole rings is 1. The lowest BCUT2D eigenvalue weighted by Gasteiger charge is -2.40. The number of alkyl halides is 3. The minimum atomic E-state index is -4.68. The molecule has 60 heavy (non-hydrogen) atoms. The third-order valence-electron chi connectivity index (χ3n) is 12.3. The fraction of sp³-hybridized carbons (Fsp3) is 0.488. The van der Waals surface area contributed by atoms with Crippen molar-refractivity contribution in [1.29, 1.82) is 0 Å². The summed E-state index contributed by atoms with van der Waals surface area (Å²) < 4.78 is 51.0. The van der Waals surface area contributed by atoms with Gasteiger partial charge in [0, 0.05) is 56.8 Å². The summed E-state index contributed by atoms with van der Waals surface area (Å²) in [6, 6.07) is 12.5. The summed E-state index contributed by atoms with van der Waals surface area (Å²) in [6.45, 7) is 6.37. The lowest BCUT2D eigenvalue weighted by molar-refractivity contribution is -0.141. The molecule has 2 saturated heterocycles. The number of amides is 3. The van der Waals surface area contributed by atoms with Crippen molar-refractivity contribution in [3.8, 4) is 5.75 Å². The van der Waals surface area contributed by atoms with E-state index in [0.717, 1.165) is 86.9 Å². The fourth-order valence-corrected chi connectivity index (χ4v) is 9.21. The first-order chi connectivity index (χ1) is 28.6. The molecule has 8 rings (SSSR count). The van der Waals surface area contributed by atoms with Gasteiger partial charge in [0.2, 0.25) is 11.8 Å². The predicted octanol–water partition coefficient (Wildman–Crippen LogP) is 6.45. The van der Waals surface area contributed by atoms with Crippen LogP contribution in [0.15, 0.2) is 59.5 Å². The zero-order chi connectivity index (χ0) is 42.5. The van der Waals surface area contributed by atoms with Crippen molar-refractivity contribution in [2.24, 2.45) is 13.0 Å². The number of piperidine rings is 2. The predicted molar refractivity (Wildman–Crippen MR) is 220 cm³/mol. The van der Waals surface area contributed by atoms with Gasteiger partial charge >= 0.3 is 11.9 Å². The molecule has 17 heteroatoms. The number of aromatic nitrogens is 5. The molecule has 2 aromatic carbocycles. The summed E-state index contributed by atoms with van der Waals surface area (Å²) in [5.74, 6) is -0.621. The lowest BCUT2D eigenvalue weighted by atomic mass is 9.85. The molecule has 318 valence electrons. The number of hydrogen-bond donors (Lipinski definition) is 2. The maximum absolute atomic E-state index is 13.5. The number of fused-ring (bicyclic) bond motifs is 2. The van der Waals surface area contributed by atoms with Gasteiger partial charge in [0.15, 0.2) is 0 Å². The van der Waals surface area contributed by atoms with E-state index in [1.54, 1.807) is 23.7 Å². The Labute approximate surface area is 344 Å². The van der Waals surface area contributed by atoms with Crippen molar-refractivity contribution < 1.29 is 32.3 Å². The number of hydrogen-bond acceptors (Lipinski definition) is 9. The molecule has 5 aromatic rings. The Bertz CT molecular complexity index is 2490.